The Morgan fingerprint density at radius 3 is 2.26 bits per heavy atom. The summed E-state index contributed by atoms with van der Waals surface area (Å²) in [5.74, 6) is -0.168. The van der Waals surface area contributed by atoms with Gasteiger partial charge in [-0.15, -0.1) is 0 Å². The quantitative estimate of drug-likeness (QED) is 0.747. The molecule has 0 bridgehead atoms. The smallest absolute Gasteiger partial charge is 0.309 e. The van der Waals surface area contributed by atoms with Gasteiger partial charge in [0.15, 0.2) is 6.61 Å². The number of anilines is 1. The van der Waals surface area contributed by atoms with Crippen LogP contribution in [0.25, 0.3) is 0 Å². The monoisotopic (exact) mass is 394 g/mol. The molecule has 1 aromatic rings. The molecule has 0 aromatic heterocycles. The summed E-state index contributed by atoms with van der Waals surface area (Å²) in [4.78, 5) is 23.5. The Hall–Kier alpha value is -1.93. The molecule has 1 aromatic carbocycles. The van der Waals surface area contributed by atoms with Crippen molar-refractivity contribution in [1.82, 2.24) is 4.31 Å². The molecule has 0 spiro atoms. The first kappa shape index (κ1) is 19.8. The fourth-order valence-corrected chi connectivity index (χ4v) is 5.11. The molecule has 1 saturated carbocycles. The number of nitrogens with zero attached hydrogens (tertiary/aromatic N) is 1. The van der Waals surface area contributed by atoms with E-state index in [1.165, 1.54) is 16.4 Å². The summed E-state index contributed by atoms with van der Waals surface area (Å²) < 4.78 is 32.1. The van der Waals surface area contributed by atoms with Crippen molar-refractivity contribution in [2.45, 2.75) is 38.0 Å². The number of rotatable bonds is 6. The topological polar surface area (TPSA) is 92.8 Å². The van der Waals surface area contributed by atoms with E-state index < -0.39 is 15.9 Å². The first-order valence-electron chi connectivity index (χ1n) is 9.32. The van der Waals surface area contributed by atoms with Crippen LogP contribution in [0.3, 0.4) is 0 Å². The van der Waals surface area contributed by atoms with Gasteiger partial charge in [-0.2, -0.15) is 4.31 Å². The molecule has 1 saturated heterocycles. The number of piperidine rings is 1. The predicted molar refractivity (Wildman–Crippen MR) is 100 cm³/mol. The Morgan fingerprint density at radius 2 is 1.70 bits per heavy atom. The van der Waals surface area contributed by atoms with Gasteiger partial charge < -0.3 is 10.1 Å². The molecule has 0 unspecified atom stereocenters. The second-order valence-corrected chi connectivity index (χ2v) is 9.66. The molecule has 1 amide bonds. The molecule has 2 fully saturated rings. The number of hydrogen-bond acceptors (Lipinski definition) is 5. The lowest BCUT2D eigenvalue weighted by Gasteiger charge is -2.34. The third-order valence-corrected chi connectivity index (χ3v) is 6.71. The van der Waals surface area contributed by atoms with Crippen LogP contribution in [0.1, 0.15) is 33.1 Å². The molecule has 7 nitrogen and oxygen atoms in total. The molecule has 2 atom stereocenters. The van der Waals surface area contributed by atoms with E-state index in [-0.39, 0.29) is 23.4 Å². The number of benzene rings is 1. The molecule has 3 rings (SSSR count). The van der Waals surface area contributed by atoms with Gasteiger partial charge in [-0.05, 0) is 55.4 Å². The third kappa shape index (κ3) is 5.07. The SMILES string of the molecule is C[C@@H]1C[C@@H](C)CN(S(=O)(=O)c2ccc(NC(=O)COC(=O)C3CC3)cc2)C1. The highest BCUT2D eigenvalue weighted by molar-refractivity contribution is 7.89. The van der Waals surface area contributed by atoms with E-state index in [0.29, 0.717) is 30.6 Å². The standard InChI is InChI=1S/C19H26N2O5S/c1-13-9-14(2)11-21(10-13)27(24,25)17-7-5-16(6-8-17)20-18(22)12-26-19(23)15-3-4-15/h5-8,13-15H,3-4,9-12H2,1-2H3,(H,20,22)/t13-,14-/m1/s1. The van der Waals surface area contributed by atoms with Crippen LogP contribution in [0.4, 0.5) is 5.69 Å². The first-order valence-corrected chi connectivity index (χ1v) is 10.8. The van der Waals surface area contributed by atoms with E-state index in [4.69, 9.17) is 4.74 Å². The van der Waals surface area contributed by atoms with Crippen molar-refractivity contribution < 1.29 is 22.7 Å². The van der Waals surface area contributed by atoms with Gasteiger partial charge in [0.2, 0.25) is 10.0 Å². The number of carbonyl (C=O) groups excluding carboxylic acids is 2. The average Bonchev–Trinajstić information content (AvgIpc) is 3.44. The zero-order chi connectivity index (χ0) is 19.6. The number of nitrogens with one attached hydrogen (secondary N) is 1. The van der Waals surface area contributed by atoms with Gasteiger partial charge in [-0.25, -0.2) is 8.42 Å². The lowest BCUT2D eigenvalue weighted by Crippen LogP contribution is -2.42. The van der Waals surface area contributed by atoms with Gasteiger partial charge in [0.1, 0.15) is 0 Å². The van der Waals surface area contributed by atoms with Crippen LogP contribution < -0.4 is 5.32 Å². The summed E-state index contributed by atoms with van der Waals surface area (Å²) in [6, 6.07) is 6.07. The van der Waals surface area contributed by atoms with E-state index in [2.05, 4.69) is 19.2 Å². The molecule has 0 radical (unpaired) electrons. The maximum atomic E-state index is 12.8. The van der Waals surface area contributed by atoms with Crippen molar-refractivity contribution in [1.29, 1.82) is 0 Å². The van der Waals surface area contributed by atoms with Crippen LogP contribution in [0, 0.1) is 17.8 Å². The highest BCUT2D eigenvalue weighted by Crippen LogP contribution is 2.30. The zero-order valence-corrected chi connectivity index (χ0v) is 16.5. The zero-order valence-electron chi connectivity index (χ0n) is 15.7. The van der Waals surface area contributed by atoms with Crippen molar-refractivity contribution in [3.63, 3.8) is 0 Å². The first-order chi connectivity index (χ1) is 12.8. The van der Waals surface area contributed by atoms with Gasteiger partial charge in [-0.3, -0.25) is 9.59 Å². The van der Waals surface area contributed by atoms with Crippen LogP contribution in [0.2, 0.25) is 0 Å². The fourth-order valence-electron chi connectivity index (χ4n) is 3.43. The number of sulfonamides is 1. The van der Waals surface area contributed by atoms with E-state index in [0.717, 1.165) is 19.3 Å². The Labute approximate surface area is 160 Å². The van der Waals surface area contributed by atoms with Gasteiger partial charge in [-0.1, -0.05) is 13.8 Å². The van der Waals surface area contributed by atoms with Crippen LogP contribution in [0.15, 0.2) is 29.2 Å². The molecular formula is C19H26N2O5S. The minimum atomic E-state index is -3.55. The largest absolute Gasteiger partial charge is 0.455 e. The number of hydrogen-bond donors (Lipinski definition) is 1. The summed E-state index contributed by atoms with van der Waals surface area (Å²) in [5, 5.41) is 2.60. The molecule has 1 N–H and O–H groups in total. The molecular weight excluding hydrogens is 368 g/mol. The van der Waals surface area contributed by atoms with E-state index in [1.807, 2.05) is 0 Å². The Morgan fingerprint density at radius 1 is 1.11 bits per heavy atom. The van der Waals surface area contributed by atoms with Crippen molar-refractivity contribution in [3.8, 4) is 0 Å². The van der Waals surface area contributed by atoms with Gasteiger partial charge in [0.05, 0.1) is 10.8 Å². The molecule has 148 valence electrons. The Kier molecular flexibility index (Phi) is 5.86. The third-order valence-electron chi connectivity index (χ3n) is 4.87. The fraction of sp³-hybridized carbons (Fsp3) is 0.579. The van der Waals surface area contributed by atoms with E-state index >= 15 is 0 Å². The summed E-state index contributed by atoms with van der Waals surface area (Å²) >= 11 is 0. The van der Waals surface area contributed by atoms with Gasteiger partial charge >= 0.3 is 5.97 Å². The maximum absolute atomic E-state index is 12.8. The average molecular weight is 394 g/mol. The molecule has 27 heavy (non-hydrogen) atoms. The van der Waals surface area contributed by atoms with Crippen LogP contribution in [-0.2, 0) is 24.3 Å². The number of carbonyl (C=O) groups is 2. The second-order valence-electron chi connectivity index (χ2n) is 7.72. The van der Waals surface area contributed by atoms with Crippen molar-refractivity contribution in [2.24, 2.45) is 17.8 Å². The van der Waals surface area contributed by atoms with E-state index in [9.17, 15) is 18.0 Å². The normalized spacial score (nSPS) is 23.6. The van der Waals surface area contributed by atoms with Crippen LogP contribution in [-0.4, -0.2) is 44.3 Å². The van der Waals surface area contributed by atoms with Crippen molar-refractivity contribution in [3.05, 3.63) is 24.3 Å². The molecule has 1 aliphatic carbocycles. The second kappa shape index (κ2) is 7.98. The molecule has 8 heteroatoms. The molecule has 1 heterocycles. The minimum absolute atomic E-state index is 0.0532. The van der Waals surface area contributed by atoms with E-state index in [1.54, 1.807) is 12.1 Å². The Bertz CT molecular complexity index is 792. The number of esters is 1. The highest BCUT2D eigenvalue weighted by Gasteiger charge is 2.32. The minimum Gasteiger partial charge on any atom is -0.455 e. The predicted octanol–water partition coefficient (Wildman–Crippen LogP) is 2.24. The van der Waals surface area contributed by atoms with Crippen LogP contribution in [0.5, 0.6) is 0 Å². The summed E-state index contributed by atoms with van der Waals surface area (Å²) in [5.41, 5.74) is 0.460. The highest BCUT2D eigenvalue weighted by atomic mass is 32.2. The van der Waals surface area contributed by atoms with Crippen LogP contribution >= 0.6 is 0 Å². The summed E-state index contributed by atoms with van der Waals surface area (Å²) in [7, 11) is -3.55. The lowest BCUT2D eigenvalue weighted by molar-refractivity contribution is -0.148. The van der Waals surface area contributed by atoms with Crippen molar-refractivity contribution in [2.75, 3.05) is 25.0 Å². The summed E-state index contributed by atoms with van der Waals surface area (Å²) in [6.45, 7) is 4.84. The number of amides is 1. The number of ether oxygens (including phenoxy) is 1. The Balaban J connectivity index is 1.58. The molecule has 2 aliphatic rings. The maximum Gasteiger partial charge on any atom is 0.309 e. The van der Waals surface area contributed by atoms with Gasteiger partial charge in [0.25, 0.3) is 5.91 Å². The summed E-state index contributed by atoms with van der Waals surface area (Å²) in [6.07, 6.45) is 2.68. The lowest BCUT2D eigenvalue weighted by atomic mass is 9.94. The molecule has 1 aliphatic heterocycles. The van der Waals surface area contributed by atoms with Crippen molar-refractivity contribution >= 4 is 27.6 Å². The van der Waals surface area contributed by atoms with Gasteiger partial charge in [0, 0.05) is 18.8 Å².